The van der Waals surface area contributed by atoms with E-state index in [0.717, 1.165) is 16.8 Å². The third-order valence-electron chi connectivity index (χ3n) is 5.27. The number of carbonyl (C=O) groups is 1. The van der Waals surface area contributed by atoms with Crippen LogP contribution in [0.5, 0.6) is 11.5 Å². The van der Waals surface area contributed by atoms with Crippen molar-refractivity contribution in [3.8, 4) is 11.5 Å². The zero-order valence-electron chi connectivity index (χ0n) is 16.0. The first-order chi connectivity index (χ1) is 13.5. The Kier molecular flexibility index (Phi) is 4.55. The molecule has 0 radical (unpaired) electrons. The number of aromatic nitrogens is 1. The Morgan fingerprint density at radius 1 is 1.07 bits per heavy atom. The van der Waals surface area contributed by atoms with Crippen LogP contribution in [0, 0.1) is 26.6 Å². The summed E-state index contributed by atoms with van der Waals surface area (Å²) < 4.78 is 26.7. The minimum Gasteiger partial charge on any atom is -0.454 e. The van der Waals surface area contributed by atoms with Crippen LogP contribution < -0.4 is 14.8 Å². The van der Waals surface area contributed by atoms with Crippen LogP contribution in [0.15, 0.2) is 42.5 Å². The van der Waals surface area contributed by atoms with Crippen LogP contribution in [0.3, 0.4) is 0 Å². The number of anilines is 1. The van der Waals surface area contributed by atoms with Crippen LogP contribution in [-0.2, 0) is 6.54 Å². The Balaban J connectivity index is 1.67. The van der Waals surface area contributed by atoms with Crippen LogP contribution in [0.4, 0.5) is 10.1 Å². The second-order valence-corrected chi connectivity index (χ2v) is 6.88. The van der Waals surface area contributed by atoms with Crippen molar-refractivity contribution >= 4 is 11.6 Å². The lowest BCUT2D eigenvalue weighted by Gasteiger charge is -2.14. The Hall–Kier alpha value is -3.28. The number of benzene rings is 2. The fraction of sp³-hybridized carbons (Fsp3) is 0.227. The van der Waals surface area contributed by atoms with Crippen molar-refractivity contribution < 1.29 is 18.7 Å². The lowest BCUT2D eigenvalue weighted by molar-refractivity contribution is 0.101. The van der Waals surface area contributed by atoms with Crippen LogP contribution in [0.1, 0.15) is 32.9 Å². The van der Waals surface area contributed by atoms with Crippen molar-refractivity contribution in [3.63, 3.8) is 0 Å². The number of hydrogen-bond donors (Lipinski definition) is 1. The highest BCUT2D eigenvalue weighted by atomic mass is 19.1. The number of nitrogens with one attached hydrogen (secondary N) is 1. The average molecular weight is 380 g/mol. The molecule has 1 amide bonds. The molecule has 2 heterocycles. The minimum absolute atomic E-state index is 0.176. The minimum atomic E-state index is -0.284. The van der Waals surface area contributed by atoms with E-state index in [0.29, 0.717) is 28.4 Å². The zero-order valence-corrected chi connectivity index (χ0v) is 16.0. The van der Waals surface area contributed by atoms with Gasteiger partial charge in [0, 0.05) is 23.0 Å². The van der Waals surface area contributed by atoms with Gasteiger partial charge in [0.1, 0.15) is 11.5 Å². The van der Waals surface area contributed by atoms with Gasteiger partial charge in [0.25, 0.3) is 5.91 Å². The highest BCUT2D eigenvalue weighted by molar-refractivity contribution is 6.04. The fourth-order valence-corrected chi connectivity index (χ4v) is 3.47. The number of rotatable bonds is 4. The smallest absolute Gasteiger partial charge is 0.272 e. The normalized spacial score (nSPS) is 12.3. The molecule has 1 aliphatic heterocycles. The van der Waals surface area contributed by atoms with Gasteiger partial charge in [-0.05, 0) is 50.1 Å². The number of nitrogens with zero attached hydrogens (tertiary/aromatic N) is 1. The van der Waals surface area contributed by atoms with Gasteiger partial charge in [-0.1, -0.05) is 18.2 Å². The summed E-state index contributed by atoms with van der Waals surface area (Å²) in [5.41, 5.74) is 4.52. The number of fused-ring (bicyclic) bond motifs is 1. The van der Waals surface area contributed by atoms with Crippen LogP contribution in [0.2, 0.25) is 0 Å². The summed E-state index contributed by atoms with van der Waals surface area (Å²) in [4.78, 5) is 13.1. The predicted molar refractivity (Wildman–Crippen MR) is 105 cm³/mol. The largest absolute Gasteiger partial charge is 0.454 e. The molecule has 4 rings (SSSR count). The topological polar surface area (TPSA) is 52.5 Å². The third kappa shape index (κ3) is 3.11. The van der Waals surface area contributed by atoms with E-state index in [-0.39, 0.29) is 25.1 Å². The van der Waals surface area contributed by atoms with Gasteiger partial charge in [0.15, 0.2) is 11.5 Å². The molecule has 1 aromatic heterocycles. The van der Waals surface area contributed by atoms with E-state index in [1.54, 1.807) is 36.4 Å². The van der Waals surface area contributed by atoms with Gasteiger partial charge in [0.2, 0.25) is 6.79 Å². The number of ether oxygens (including phenoxy) is 2. The van der Waals surface area contributed by atoms with E-state index >= 15 is 0 Å². The second kappa shape index (κ2) is 7.03. The highest BCUT2D eigenvalue weighted by Gasteiger charge is 2.22. The SMILES string of the molecule is Cc1c(C)c(C(=O)Nc2ccc3c(c2)OCO3)n(Cc2ccccc2F)c1C. The molecular formula is C22H21FN2O3. The first-order valence-electron chi connectivity index (χ1n) is 9.06. The van der Waals surface area contributed by atoms with E-state index in [1.165, 1.54) is 6.07 Å². The van der Waals surface area contributed by atoms with Gasteiger partial charge in [0.05, 0.1) is 6.54 Å². The summed E-state index contributed by atoms with van der Waals surface area (Å²) in [6.07, 6.45) is 0. The standard InChI is InChI=1S/C22H21FN2O3/c1-13-14(2)21(25(15(13)3)11-16-6-4-5-7-18(16)23)22(26)24-17-8-9-19-20(10-17)28-12-27-19/h4-10H,11-12H2,1-3H3,(H,24,26). The summed E-state index contributed by atoms with van der Waals surface area (Å²) >= 11 is 0. The third-order valence-corrected chi connectivity index (χ3v) is 5.27. The zero-order chi connectivity index (χ0) is 19.8. The van der Waals surface area contributed by atoms with Gasteiger partial charge in [-0.3, -0.25) is 4.79 Å². The van der Waals surface area contributed by atoms with Gasteiger partial charge >= 0.3 is 0 Å². The first-order valence-corrected chi connectivity index (χ1v) is 9.06. The molecule has 6 heteroatoms. The van der Waals surface area contributed by atoms with E-state index in [9.17, 15) is 9.18 Å². The Morgan fingerprint density at radius 2 is 1.82 bits per heavy atom. The molecular weight excluding hydrogens is 359 g/mol. The van der Waals surface area contributed by atoms with Crippen LogP contribution >= 0.6 is 0 Å². The van der Waals surface area contributed by atoms with Crippen LogP contribution in [0.25, 0.3) is 0 Å². The summed E-state index contributed by atoms with van der Waals surface area (Å²) in [6, 6.07) is 11.9. The van der Waals surface area contributed by atoms with Crippen molar-refractivity contribution in [2.45, 2.75) is 27.3 Å². The summed E-state index contributed by atoms with van der Waals surface area (Å²) in [7, 11) is 0. The highest BCUT2D eigenvalue weighted by Crippen LogP contribution is 2.34. The average Bonchev–Trinajstić information content (AvgIpc) is 3.22. The maximum Gasteiger partial charge on any atom is 0.272 e. The number of carbonyl (C=O) groups excluding carboxylic acids is 1. The monoisotopic (exact) mass is 380 g/mol. The second-order valence-electron chi connectivity index (χ2n) is 6.88. The quantitative estimate of drug-likeness (QED) is 0.721. The van der Waals surface area contributed by atoms with E-state index in [2.05, 4.69) is 5.32 Å². The number of amides is 1. The van der Waals surface area contributed by atoms with E-state index in [1.807, 2.05) is 25.3 Å². The summed E-state index contributed by atoms with van der Waals surface area (Å²) in [5.74, 6) is 0.726. The molecule has 0 saturated carbocycles. The molecule has 5 nitrogen and oxygen atoms in total. The fourth-order valence-electron chi connectivity index (χ4n) is 3.47. The summed E-state index contributed by atoms with van der Waals surface area (Å²) in [6.45, 7) is 6.29. The predicted octanol–water partition coefficient (Wildman–Crippen LogP) is 4.58. The Bertz CT molecular complexity index is 1070. The molecule has 0 spiro atoms. The first kappa shape index (κ1) is 18.1. The lowest BCUT2D eigenvalue weighted by Crippen LogP contribution is -2.19. The van der Waals surface area contributed by atoms with Crippen molar-refractivity contribution in [1.82, 2.24) is 4.57 Å². The molecule has 1 aliphatic rings. The maximum atomic E-state index is 14.2. The molecule has 2 aromatic carbocycles. The Labute approximate surface area is 162 Å². The number of hydrogen-bond acceptors (Lipinski definition) is 3. The van der Waals surface area contributed by atoms with E-state index in [4.69, 9.17) is 9.47 Å². The Morgan fingerprint density at radius 3 is 2.61 bits per heavy atom. The van der Waals surface area contributed by atoms with Crippen molar-refractivity contribution in [3.05, 3.63) is 76.4 Å². The molecule has 1 N–H and O–H groups in total. The summed E-state index contributed by atoms with van der Waals surface area (Å²) in [5, 5.41) is 2.92. The molecule has 0 bridgehead atoms. The maximum absolute atomic E-state index is 14.2. The molecule has 0 atom stereocenters. The van der Waals surface area contributed by atoms with Crippen molar-refractivity contribution in [1.29, 1.82) is 0 Å². The lowest BCUT2D eigenvalue weighted by atomic mass is 10.1. The van der Waals surface area contributed by atoms with Gasteiger partial charge in [-0.15, -0.1) is 0 Å². The molecule has 144 valence electrons. The molecule has 0 fully saturated rings. The van der Waals surface area contributed by atoms with Crippen molar-refractivity contribution in [2.75, 3.05) is 12.1 Å². The molecule has 3 aromatic rings. The van der Waals surface area contributed by atoms with Crippen molar-refractivity contribution in [2.24, 2.45) is 0 Å². The molecule has 28 heavy (non-hydrogen) atoms. The van der Waals surface area contributed by atoms with E-state index < -0.39 is 0 Å². The number of halogens is 1. The molecule has 0 unspecified atom stereocenters. The molecule has 0 aliphatic carbocycles. The van der Waals surface area contributed by atoms with Crippen LogP contribution in [-0.4, -0.2) is 17.3 Å². The molecule has 0 saturated heterocycles. The van der Waals surface area contributed by atoms with Gasteiger partial charge in [-0.25, -0.2) is 4.39 Å². The van der Waals surface area contributed by atoms with Gasteiger partial charge < -0.3 is 19.4 Å². The van der Waals surface area contributed by atoms with Gasteiger partial charge in [-0.2, -0.15) is 0 Å².